The molecule has 1 saturated heterocycles. The highest BCUT2D eigenvalue weighted by Gasteiger charge is 2.32. The van der Waals surface area contributed by atoms with E-state index in [0.717, 1.165) is 12.0 Å². The van der Waals surface area contributed by atoms with Gasteiger partial charge >= 0.3 is 0 Å². The molecule has 3 atom stereocenters. The van der Waals surface area contributed by atoms with Crippen LogP contribution < -0.4 is 5.32 Å². The van der Waals surface area contributed by atoms with Crippen LogP contribution in [-0.2, 0) is 9.84 Å². The van der Waals surface area contributed by atoms with Crippen molar-refractivity contribution < 1.29 is 18.3 Å². The molecule has 2 heterocycles. The van der Waals surface area contributed by atoms with Crippen molar-refractivity contribution in [2.75, 3.05) is 18.1 Å². The van der Waals surface area contributed by atoms with Crippen LogP contribution in [0.2, 0.25) is 5.02 Å². The number of nitrogens with one attached hydrogen (secondary N) is 1. The summed E-state index contributed by atoms with van der Waals surface area (Å²) in [4.78, 5) is 12.8. The molecule has 1 amide bonds. The normalized spacial score (nSPS) is 20.3. The summed E-state index contributed by atoms with van der Waals surface area (Å²) in [7, 11) is -3.11. The number of carbonyl (C=O) groups excluding carboxylic acids is 1. The summed E-state index contributed by atoms with van der Waals surface area (Å²) in [5.41, 5.74) is 1.66. The first-order valence-electron chi connectivity index (χ1n) is 9.71. The average molecular weight is 440 g/mol. The molecule has 2 N–H and O–H groups in total. The molecule has 7 nitrogen and oxygen atoms in total. The van der Waals surface area contributed by atoms with E-state index in [1.54, 1.807) is 22.9 Å². The van der Waals surface area contributed by atoms with E-state index in [1.165, 1.54) is 0 Å². The summed E-state index contributed by atoms with van der Waals surface area (Å²) < 4.78 is 25.6. The van der Waals surface area contributed by atoms with Crippen LogP contribution in [-0.4, -0.2) is 53.4 Å². The van der Waals surface area contributed by atoms with Gasteiger partial charge in [0, 0.05) is 5.02 Å². The standard InChI is InChI=1S/C20H26ClN3O4S/c1-3-13(2)18(11-25)22-20(26)17-10-19(14-4-6-15(21)7-5-14)24(23-17)16-8-9-29(27,28)12-16/h4-7,10,13,16,18,25H,3,8-9,11-12H2,1-2H3,(H,22,26)/t13-,16+,18-/m1/s1. The van der Waals surface area contributed by atoms with Crippen molar-refractivity contribution >= 4 is 27.3 Å². The van der Waals surface area contributed by atoms with Gasteiger partial charge in [-0.25, -0.2) is 8.42 Å². The Morgan fingerprint density at radius 1 is 1.38 bits per heavy atom. The fourth-order valence-electron chi connectivity index (χ4n) is 3.48. The molecule has 0 unspecified atom stereocenters. The van der Waals surface area contributed by atoms with E-state index in [1.807, 2.05) is 26.0 Å². The molecule has 0 aliphatic carbocycles. The van der Waals surface area contributed by atoms with Crippen molar-refractivity contribution in [1.29, 1.82) is 0 Å². The fraction of sp³-hybridized carbons (Fsp3) is 0.500. The maximum Gasteiger partial charge on any atom is 0.272 e. The number of nitrogens with zero attached hydrogens (tertiary/aromatic N) is 2. The van der Waals surface area contributed by atoms with Crippen LogP contribution in [0.25, 0.3) is 11.3 Å². The van der Waals surface area contributed by atoms with E-state index in [4.69, 9.17) is 11.6 Å². The smallest absolute Gasteiger partial charge is 0.272 e. The van der Waals surface area contributed by atoms with E-state index in [9.17, 15) is 18.3 Å². The van der Waals surface area contributed by atoms with E-state index in [-0.39, 0.29) is 47.7 Å². The number of amides is 1. The van der Waals surface area contributed by atoms with Gasteiger partial charge in [-0.3, -0.25) is 9.48 Å². The second kappa shape index (κ2) is 8.85. The lowest BCUT2D eigenvalue weighted by Gasteiger charge is -2.21. The molecule has 1 aliphatic heterocycles. The minimum Gasteiger partial charge on any atom is -0.394 e. The number of sulfone groups is 1. The molecule has 2 aromatic rings. The Morgan fingerprint density at radius 2 is 2.07 bits per heavy atom. The van der Waals surface area contributed by atoms with Crippen molar-refractivity contribution in [3.05, 3.63) is 41.0 Å². The van der Waals surface area contributed by atoms with Crippen LogP contribution in [0.3, 0.4) is 0 Å². The average Bonchev–Trinajstić information content (AvgIpc) is 3.29. The minimum atomic E-state index is -3.11. The summed E-state index contributed by atoms with van der Waals surface area (Å²) in [5.74, 6) is -0.164. The van der Waals surface area contributed by atoms with Gasteiger partial charge in [0.05, 0.1) is 35.9 Å². The highest BCUT2D eigenvalue weighted by Crippen LogP contribution is 2.30. The van der Waals surface area contributed by atoms with Gasteiger partial charge in [0.2, 0.25) is 0 Å². The Morgan fingerprint density at radius 3 is 2.62 bits per heavy atom. The van der Waals surface area contributed by atoms with E-state index in [2.05, 4.69) is 10.4 Å². The molecule has 0 bridgehead atoms. The monoisotopic (exact) mass is 439 g/mol. The SMILES string of the molecule is CC[C@@H](C)[C@@H](CO)NC(=O)c1cc(-c2ccc(Cl)cc2)n([C@H]2CCS(=O)(=O)C2)n1. The topological polar surface area (TPSA) is 101 Å². The lowest BCUT2D eigenvalue weighted by atomic mass is 10.00. The number of aliphatic hydroxyl groups excluding tert-OH is 1. The molecule has 1 aliphatic rings. The van der Waals surface area contributed by atoms with Gasteiger partial charge in [0.1, 0.15) is 0 Å². The molecule has 0 saturated carbocycles. The molecule has 3 rings (SSSR count). The predicted octanol–water partition coefficient (Wildman–Crippen LogP) is 2.70. The van der Waals surface area contributed by atoms with Gasteiger partial charge in [0.25, 0.3) is 5.91 Å². The fourth-order valence-corrected chi connectivity index (χ4v) is 5.30. The van der Waals surface area contributed by atoms with Crippen molar-refractivity contribution in [3.8, 4) is 11.3 Å². The number of rotatable bonds is 7. The van der Waals surface area contributed by atoms with E-state index >= 15 is 0 Å². The molecular formula is C20H26ClN3O4S. The molecule has 0 radical (unpaired) electrons. The molecule has 1 aromatic heterocycles. The number of aromatic nitrogens is 2. The number of hydrogen-bond acceptors (Lipinski definition) is 5. The van der Waals surface area contributed by atoms with Gasteiger partial charge in [-0.2, -0.15) is 5.10 Å². The zero-order valence-electron chi connectivity index (χ0n) is 16.5. The van der Waals surface area contributed by atoms with Crippen molar-refractivity contribution in [2.24, 2.45) is 5.92 Å². The Labute approximate surface area is 176 Å². The molecule has 158 valence electrons. The third-order valence-corrected chi connectivity index (χ3v) is 7.51. The number of hydrogen-bond donors (Lipinski definition) is 2. The van der Waals surface area contributed by atoms with Crippen molar-refractivity contribution in [1.82, 2.24) is 15.1 Å². The van der Waals surface area contributed by atoms with Crippen LogP contribution in [0.4, 0.5) is 0 Å². The Hall–Kier alpha value is -1.90. The van der Waals surface area contributed by atoms with Crippen LogP contribution >= 0.6 is 11.6 Å². The maximum atomic E-state index is 12.8. The zero-order chi connectivity index (χ0) is 21.2. The van der Waals surface area contributed by atoms with Gasteiger partial charge < -0.3 is 10.4 Å². The highest BCUT2D eigenvalue weighted by molar-refractivity contribution is 7.91. The highest BCUT2D eigenvalue weighted by atomic mass is 35.5. The summed E-state index contributed by atoms with van der Waals surface area (Å²) >= 11 is 5.99. The second-order valence-electron chi connectivity index (χ2n) is 7.57. The Kier molecular flexibility index (Phi) is 6.65. The maximum absolute atomic E-state index is 12.8. The first kappa shape index (κ1) is 21.8. The molecule has 0 spiro atoms. The molecule has 9 heteroatoms. The molecule has 1 fully saturated rings. The number of aliphatic hydroxyl groups is 1. The van der Waals surface area contributed by atoms with Gasteiger partial charge in [0.15, 0.2) is 15.5 Å². The second-order valence-corrected chi connectivity index (χ2v) is 10.2. The molecule has 1 aromatic carbocycles. The minimum absolute atomic E-state index is 0.00244. The first-order chi connectivity index (χ1) is 13.7. The summed E-state index contributed by atoms with van der Waals surface area (Å²) in [6.45, 7) is 3.79. The number of benzene rings is 1. The predicted molar refractivity (Wildman–Crippen MR) is 113 cm³/mol. The third-order valence-electron chi connectivity index (χ3n) is 5.51. The Balaban J connectivity index is 1.96. The van der Waals surface area contributed by atoms with Crippen LogP contribution in [0, 0.1) is 5.92 Å². The lowest BCUT2D eigenvalue weighted by molar-refractivity contribution is 0.0885. The molecule has 29 heavy (non-hydrogen) atoms. The Bertz CT molecular complexity index is 972. The molecular weight excluding hydrogens is 414 g/mol. The van der Waals surface area contributed by atoms with Gasteiger partial charge in [-0.1, -0.05) is 44.0 Å². The number of carbonyl (C=O) groups is 1. The van der Waals surface area contributed by atoms with E-state index < -0.39 is 9.84 Å². The summed E-state index contributed by atoms with van der Waals surface area (Å²) in [6.07, 6.45) is 1.27. The quantitative estimate of drug-likeness (QED) is 0.690. The third kappa shape index (κ3) is 4.99. The summed E-state index contributed by atoms with van der Waals surface area (Å²) in [5, 5.41) is 17.5. The lowest BCUT2D eigenvalue weighted by Crippen LogP contribution is -2.42. The van der Waals surface area contributed by atoms with E-state index in [0.29, 0.717) is 17.1 Å². The van der Waals surface area contributed by atoms with Crippen LogP contribution in [0.5, 0.6) is 0 Å². The van der Waals surface area contributed by atoms with Crippen molar-refractivity contribution in [2.45, 2.75) is 38.8 Å². The summed E-state index contributed by atoms with van der Waals surface area (Å²) in [6, 6.07) is 8.08. The first-order valence-corrected chi connectivity index (χ1v) is 11.9. The van der Waals surface area contributed by atoms with Crippen LogP contribution in [0.15, 0.2) is 30.3 Å². The van der Waals surface area contributed by atoms with Gasteiger partial charge in [-0.05, 0) is 36.1 Å². The van der Waals surface area contributed by atoms with Gasteiger partial charge in [-0.15, -0.1) is 0 Å². The zero-order valence-corrected chi connectivity index (χ0v) is 18.1. The van der Waals surface area contributed by atoms with Crippen molar-refractivity contribution in [3.63, 3.8) is 0 Å². The number of halogens is 1. The van der Waals surface area contributed by atoms with Crippen LogP contribution in [0.1, 0.15) is 43.2 Å². The largest absolute Gasteiger partial charge is 0.394 e.